The maximum Gasteiger partial charge on any atom is 0.324 e. The molecule has 0 unspecified atom stereocenters. The third-order valence-corrected chi connectivity index (χ3v) is 6.52. The van der Waals surface area contributed by atoms with Crippen molar-refractivity contribution in [3.05, 3.63) is 53.1 Å². The molecule has 0 bridgehead atoms. The van der Waals surface area contributed by atoms with Gasteiger partial charge in [0.05, 0.1) is 10.6 Å². The van der Waals surface area contributed by atoms with E-state index in [9.17, 15) is 23.1 Å². The van der Waals surface area contributed by atoms with Gasteiger partial charge in [-0.3, -0.25) is 14.0 Å². The molecule has 0 aromatic heterocycles. The number of sulfonamides is 1. The first-order chi connectivity index (χ1) is 13.6. The molecule has 3 rings (SSSR count). The van der Waals surface area contributed by atoms with Gasteiger partial charge in [0.15, 0.2) is 0 Å². The van der Waals surface area contributed by atoms with Crippen molar-refractivity contribution in [2.75, 3.05) is 29.3 Å². The topological polar surface area (TPSA) is 107 Å². The summed E-state index contributed by atoms with van der Waals surface area (Å²) in [5.41, 5.74) is 3.27. The highest BCUT2D eigenvalue weighted by Gasteiger charge is 2.30. The number of amides is 2. The van der Waals surface area contributed by atoms with Gasteiger partial charge in [-0.05, 0) is 67.3 Å². The Morgan fingerprint density at radius 3 is 2.38 bits per heavy atom. The Hall–Kier alpha value is -3.07. The number of carbonyl (C=O) groups is 2. The summed E-state index contributed by atoms with van der Waals surface area (Å²) in [6.07, 6.45) is 0.557. The van der Waals surface area contributed by atoms with Crippen molar-refractivity contribution in [3.8, 4) is 0 Å². The van der Waals surface area contributed by atoms with Crippen LogP contribution in [0, 0.1) is 13.8 Å². The molecule has 2 amide bonds. The number of carboxylic acid groups (broad SMARTS) is 1. The number of benzene rings is 2. The Labute approximate surface area is 169 Å². The van der Waals surface area contributed by atoms with Gasteiger partial charge >= 0.3 is 12.0 Å². The molecule has 9 heteroatoms. The molecule has 0 aliphatic carbocycles. The standard InChI is InChI=1S/C20H23N3O5S/c1-13-8-14(2)10-17(9-13)29(27,28)23(12-19(24)25)16-4-5-18-15(11-16)6-7-22(18)20(26)21-3/h4-5,8-11H,6-7,12H2,1-3H3,(H,21,26)(H,24,25). The van der Waals surface area contributed by atoms with Crippen LogP contribution in [0.25, 0.3) is 0 Å². The fraction of sp³-hybridized carbons (Fsp3) is 0.300. The van der Waals surface area contributed by atoms with Crippen LogP contribution in [-0.4, -0.2) is 45.7 Å². The molecule has 2 aromatic rings. The number of carbonyl (C=O) groups excluding carboxylic acids is 1. The molecule has 1 aliphatic rings. The molecule has 0 radical (unpaired) electrons. The van der Waals surface area contributed by atoms with Gasteiger partial charge in [0.1, 0.15) is 6.54 Å². The highest BCUT2D eigenvalue weighted by Crippen LogP contribution is 2.34. The zero-order chi connectivity index (χ0) is 21.3. The summed E-state index contributed by atoms with van der Waals surface area (Å²) in [5.74, 6) is -1.26. The highest BCUT2D eigenvalue weighted by molar-refractivity contribution is 7.92. The van der Waals surface area contributed by atoms with Crippen molar-refractivity contribution in [1.82, 2.24) is 5.32 Å². The molecule has 0 saturated heterocycles. The third kappa shape index (κ3) is 4.04. The Balaban J connectivity index is 2.06. The van der Waals surface area contributed by atoms with Crippen LogP contribution in [0.15, 0.2) is 41.3 Å². The molecular weight excluding hydrogens is 394 g/mol. The van der Waals surface area contributed by atoms with Crippen LogP contribution in [-0.2, 0) is 21.2 Å². The minimum Gasteiger partial charge on any atom is -0.480 e. The first kappa shape index (κ1) is 20.7. The van der Waals surface area contributed by atoms with Gasteiger partial charge in [-0.15, -0.1) is 0 Å². The molecular formula is C20H23N3O5S. The van der Waals surface area contributed by atoms with Crippen molar-refractivity contribution in [3.63, 3.8) is 0 Å². The predicted octanol–water partition coefficient (Wildman–Crippen LogP) is 2.29. The van der Waals surface area contributed by atoms with Gasteiger partial charge in [0, 0.05) is 19.3 Å². The van der Waals surface area contributed by atoms with E-state index in [1.165, 1.54) is 18.2 Å². The van der Waals surface area contributed by atoms with Crippen LogP contribution in [0.3, 0.4) is 0 Å². The van der Waals surface area contributed by atoms with Crippen LogP contribution < -0.4 is 14.5 Å². The molecule has 1 heterocycles. The van der Waals surface area contributed by atoms with Gasteiger partial charge in [-0.2, -0.15) is 0 Å². The fourth-order valence-corrected chi connectivity index (χ4v) is 5.13. The van der Waals surface area contributed by atoms with E-state index in [0.29, 0.717) is 18.7 Å². The van der Waals surface area contributed by atoms with Gasteiger partial charge < -0.3 is 10.4 Å². The van der Waals surface area contributed by atoms with Crippen molar-refractivity contribution >= 4 is 33.4 Å². The number of nitrogens with zero attached hydrogens (tertiary/aromatic N) is 2. The fourth-order valence-electron chi connectivity index (χ4n) is 3.54. The lowest BCUT2D eigenvalue weighted by molar-refractivity contribution is -0.135. The molecule has 2 N–H and O–H groups in total. The molecule has 0 saturated carbocycles. The minimum absolute atomic E-state index is 0.0451. The number of anilines is 2. The molecule has 2 aromatic carbocycles. The smallest absolute Gasteiger partial charge is 0.324 e. The van der Waals surface area contributed by atoms with E-state index in [1.54, 1.807) is 37.9 Å². The van der Waals surface area contributed by atoms with Crippen LogP contribution >= 0.6 is 0 Å². The van der Waals surface area contributed by atoms with Crippen LogP contribution in [0.5, 0.6) is 0 Å². The van der Waals surface area contributed by atoms with E-state index >= 15 is 0 Å². The summed E-state index contributed by atoms with van der Waals surface area (Å²) in [7, 11) is -2.55. The van der Waals surface area contributed by atoms with Gasteiger partial charge in [0.2, 0.25) is 0 Å². The molecule has 0 atom stereocenters. The SMILES string of the molecule is CNC(=O)N1CCc2cc(N(CC(=O)O)S(=O)(=O)c3cc(C)cc(C)c3)ccc21. The van der Waals surface area contributed by atoms with E-state index in [2.05, 4.69) is 5.32 Å². The van der Waals surface area contributed by atoms with E-state index in [-0.39, 0.29) is 16.6 Å². The van der Waals surface area contributed by atoms with Gasteiger partial charge in [-0.1, -0.05) is 6.07 Å². The third-order valence-electron chi connectivity index (χ3n) is 4.77. The Morgan fingerprint density at radius 2 is 1.79 bits per heavy atom. The number of aliphatic carboxylic acids is 1. The number of fused-ring (bicyclic) bond motifs is 1. The summed E-state index contributed by atoms with van der Waals surface area (Å²) in [5, 5.41) is 11.9. The Morgan fingerprint density at radius 1 is 1.14 bits per heavy atom. The van der Waals surface area contributed by atoms with E-state index in [1.807, 2.05) is 6.07 Å². The van der Waals surface area contributed by atoms with Gasteiger partial charge in [0.25, 0.3) is 10.0 Å². The highest BCUT2D eigenvalue weighted by atomic mass is 32.2. The second-order valence-corrected chi connectivity index (χ2v) is 8.86. The molecule has 8 nitrogen and oxygen atoms in total. The number of hydrogen-bond donors (Lipinski definition) is 2. The maximum absolute atomic E-state index is 13.3. The van der Waals surface area contributed by atoms with Crippen LogP contribution in [0.1, 0.15) is 16.7 Å². The molecule has 1 aliphatic heterocycles. The normalized spacial score (nSPS) is 13.1. The maximum atomic E-state index is 13.3. The number of hydrogen-bond acceptors (Lipinski definition) is 4. The van der Waals surface area contributed by atoms with Crippen molar-refractivity contribution in [2.45, 2.75) is 25.2 Å². The largest absolute Gasteiger partial charge is 0.480 e. The lowest BCUT2D eigenvalue weighted by Crippen LogP contribution is -2.37. The summed E-state index contributed by atoms with van der Waals surface area (Å²) in [6.45, 7) is 3.35. The average molecular weight is 417 g/mol. The lowest BCUT2D eigenvalue weighted by atomic mass is 10.1. The summed E-state index contributed by atoms with van der Waals surface area (Å²) >= 11 is 0. The molecule has 0 fully saturated rings. The first-order valence-corrected chi connectivity index (χ1v) is 10.5. The molecule has 154 valence electrons. The van der Waals surface area contributed by atoms with E-state index < -0.39 is 22.5 Å². The van der Waals surface area contributed by atoms with Crippen LogP contribution in [0.4, 0.5) is 16.2 Å². The number of aryl methyl sites for hydroxylation is 2. The molecule has 29 heavy (non-hydrogen) atoms. The number of carboxylic acids is 1. The predicted molar refractivity (Wildman–Crippen MR) is 110 cm³/mol. The number of urea groups is 1. The monoisotopic (exact) mass is 417 g/mol. The Kier molecular flexibility index (Phi) is 5.52. The zero-order valence-electron chi connectivity index (χ0n) is 16.5. The van der Waals surface area contributed by atoms with Crippen molar-refractivity contribution in [2.24, 2.45) is 0 Å². The quantitative estimate of drug-likeness (QED) is 0.776. The van der Waals surface area contributed by atoms with Gasteiger partial charge in [-0.25, -0.2) is 13.2 Å². The molecule has 0 spiro atoms. The second-order valence-electron chi connectivity index (χ2n) is 7.00. The average Bonchev–Trinajstić information content (AvgIpc) is 3.07. The van der Waals surface area contributed by atoms with E-state index in [0.717, 1.165) is 21.0 Å². The van der Waals surface area contributed by atoms with Crippen molar-refractivity contribution in [1.29, 1.82) is 0 Å². The first-order valence-electron chi connectivity index (χ1n) is 9.08. The number of rotatable bonds is 5. The Bertz CT molecular complexity index is 1060. The minimum atomic E-state index is -4.09. The summed E-state index contributed by atoms with van der Waals surface area (Å²) < 4.78 is 27.5. The van der Waals surface area contributed by atoms with E-state index in [4.69, 9.17) is 0 Å². The zero-order valence-corrected chi connectivity index (χ0v) is 17.3. The number of nitrogens with one attached hydrogen (secondary N) is 1. The second kappa shape index (κ2) is 7.75. The van der Waals surface area contributed by atoms with Crippen molar-refractivity contribution < 1.29 is 23.1 Å². The summed E-state index contributed by atoms with van der Waals surface area (Å²) in [4.78, 5) is 25.0. The summed E-state index contributed by atoms with van der Waals surface area (Å²) in [6, 6.07) is 9.48. The lowest BCUT2D eigenvalue weighted by Gasteiger charge is -2.24. The van der Waals surface area contributed by atoms with Crippen LogP contribution in [0.2, 0.25) is 0 Å².